The van der Waals surface area contributed by atoms with Crippen LogP contribution in [-0.4, -0.2) is 11.1 Å². The van der Waals surface area contributed by atoms with Gasteiger partial charge in [0.05, 0.1) is 0 Å². The first-order valence-electron chi connectivity index (χ1n) is 4.16. The summed E-state index contributed by atoms with van der Waals surface area (Å²) in [5.74, 6) is -0.745. The number of hydrogen-bond donors (Lipinski definition) is 1. The van der Waals surface area contributed by atoms with Crippen LogP contribution in [0.25, 0.3) is 0 Å². The van der Waals surface area contributed by atoms with Crippen molar-refractivity contribution >= 4 is 10.1 Å². The van der Waals surface area contributed by atoms with Crippen LogP contribution in [0.4, 0.5) is 0 Å². The SMILES string of the molecule is CCC(=O)O.Cc1cc[c]([Zn])cc1. The molecule has 0 aliphatic carbocycles. The third kappa shape index (κ3) is 7.67. The average Bonchev–Trinajstić information content (AvgIpc) is 2.11. The van der Waals surface area contributed by atoms with Gasteiger partial charge in [0.1, 0.15) is 0 Å². The molecule has 1 aromatic rings. The number of carboxylic acids is 1. The number of benzene rings is 1. The summed E-state index contributed by atoms with van der Waals surface area (Å²) in [5, 5.41) is 7.72. The van der Waals surface area contributed by atoms with Crippen molar-refractivity contribution in [3.63, 3.8) is 0 Å². The summed E-state index contributed by atoms with van der Waals surface area (Å²) in [6, 6.07) is 8.66. The van der Waals surface area contributed by atoms with E-state index in [1.165, 1.54) is 28.0 Å². The van der Waals surface area contributed by atoms with Gasteiger partial charge in [-0.2, -0.15) is 0 Å². The van der Waals surface area contributed by atoms with Crippen LogP contribution < -0.4 is 4.16 Å². The minimum atomic E-state index is -0.745. The summed E-state index contributed by atoms with van der Waals surface area (Å²) in [6.45, 7) is 3.71. The first-order chi connectivity index (χ1) is 6.06. The Hall–Kier alpha value is -0.687. The number of hydrogen-bond acceptors (Lipinski definition) is 1. The van der Waals surface area contributed by atoms with Gasteiger partial charge >= 0.3 is 65.2 Å². The molecule has 0 amide bonds. The Labute approximate surface area is 88.7 Å². The van der Waals surface area contributed by atoms with Crippen molar-refractivity contribution in [1.29, 1.82) is 0 Å². The summed E-state index contributed by atoms with van der Waals surface area (Å²) in [7, 11) is 0. The molecule has 3 heteroatoms. The van der Waals surface area contributed by atoms with Crippen molar-refractivity contribution < 1.29 is 28.2 Å². The summed E-state index contributed by atoms with van der Waals surface area (Å²) in [4.78, 5) is 9.37. The van der Waals surface area contributed by atoms with E-state index in [4.69, 9.17) is 5.11 Å². The number of aryl methyl sites for hydroxylation is 1. The molecule has 0 aromatic heterocycles. The maximum atomic E-state index is 9.37. The monoisotopic (exact) mass is 229 g/mol. The molecule has 0 bridgehead atoms. The molecule has 0 radical (unpaired) electrons. The van der Waals surface area contributed by atoms with Crippen molar-refractivity contribution in [1.82, 2.24) is 0 Å². The van der Waals surface area contributed by atoms with Gasteiger partial charge in [-0.1, -0.05) is 6.92 Å². The van der Waals surface area contributed by atoms with Crippen molar-refractivity contribution in [3.8, 4) is 0 Å². The average molecular weight is 231 g/mol. The Bertz CT molecular complexity index is 233. The van der Waals surface area contributed by atoms with E-state index in [0.717, 1.165) is 0 Å². The van der Waals surface area contributed by atoms with E-state index >= 15 is 0 Å². The number of carbonyl (C=O) groups is 1. The molecule has 0 aliphatic heterocycles. The summed E-state index contributed by atoms with van der Waals surface area (Å²) in [5.41, 5.74) is 1.35. The molecule has 1 rings (SSSR count). The van der Waals surface area contributed by atoms with E-state index in [-0.39, 0.29) is 6.42 Å². The topological polar surface area (TPSA) is 37.3 Å². The van der Waals surface area contributed by atoms with Crippen LogP contribution in [0.5, 0.6) is 0 Å². The second-order valence-electron chi connectivity index (χ2n) is 2.73. The number of rotatable bonds is 1. The van der Waals surface area contributed by atoms with Crippen molar-refractivity contribution in [2.45, 2.75) is 20.3 Å². The summed E-state index contributed by atoms with van der Waals surface area (Å²) in [6.07, 6.45) is 0.222. The zero-order valence-corrected chi connectivity index (χ0v) is 11.0. The van der Waals surface area contributed by atoms with Crippen LogP contribution in [0, 0.1) is 6.92 Å². The molecule has 13 heavy (non-hydrogen) atoms. The molecule has 2 nitrogen and oxygen atoms in total. The van der Waals surface area contributed by atoms with Gasteiger partial charge in [0, 0.05) is 6.42 Å². The molecule has 0 spiro atoms. The van der Waals surface area contributed by atoms with Gasteiger partial charge in [-0.3, -0.25) is 4.79 Å². The fourth-order valence-corrected chi connectivity index (χ4v) is 1.08. The Kier molecular flexibility index (Phi) is 6.43. The third-order valence-corrected chi connectivity index (χ3v) is 2.41. The van der Waals surface area contributed by atoms with Gasteiger partial charge in [0.15, 0.2) is 0 Å². The van der Waals surface area contributed by atoms with Gasteiger partial charge in [-0.05, 0) is 0 Å². The standard InChI is InChI=1S/C7H7.C3H6O2.Zn/c1-7-5-3-2-4-6-7;1-2-3(4)5;/h3-6H,1H3;2H2,1H3,(H,4,5);. The molecule has 1 aromatic carbocycles. The zero-order chi connectivity index (χ0) is 10.3. The summed E-state index contributed by atoms with van der Waals surface area (Å²) >= 11 is 1.26. The first-order valence-corrected chi connectivity index (χ1v) is 5.65. The quantitative estimate of drug-likeness (QED) is 0.745. The molecule has 0 saturated carbocycles. The van der Waals surface area contributed by atoms with Crippen LogP contribution in [0.2, 0.25) is 0 Å². The molecule has 67 valence electrons. The molecule has 1 N–H and O–H groups in total. The van der Waals surface area contributed by atoms with Gasteiger partial charge in [-0.25, -0.2) is 0 Å². The van der Waals surface area contributed by atoms with Crippen molar-refractivity contribution in [2.24, 2.45) is 0 Å². The molecule has 0 aliphatic rings. The van der Waals surface area contributed by atoms with Crippen LogP contribution >= 0.6 is 0 Å². The molecule has 0 heterocycles. The molecule has 0 atom stereocenters. The van der Waals surface area contributed by atoms with Gasteiger partial charge in [-0.15, -0.1) is 0 Å². The fraction of sp³-hybridized carbons (Fsp3) is 0.300. The van der Waals surface area contributed by atoms with Crippen LogP contribution in [-0.2, 0) is 23.1 Å². The number of aliphatic carboxylic acids is 1. The molecule has 0 unspecified atom stereocenters. The van der Waals surface area contributed by atoms with Gasteiger partial charge in [0.2, 0.25) is 0 Å². The normalized spacial score (nSPS) is 8.62. The fourth-order valence-electron chi connectivity index (χ4n) is 0.588. The second kappa shape index (κ2) is 6.79. The first kappa shape index (κ1) is 12.3. The number of carboxylic acid groups (broad SMARTS) is 1. The Balaban J connectivity index is 0.000000252. The van der Waals surface area contributed by atoms with Gasteiger partial charge < -0.3 is 5.11 Å². The van der Waals surface area contributed by atoms with Crippen LogP contribution in [0.1, 0.15) is 18.9 Å². The second-order valence-corrected chi connectivity index (χ2v) is 4.45. The molecular weight excluding hydrogens is 217 g/mol. The van der Waals surface area contributed by atoms with E-state index in [1.54, 1.807) is 6.92 Å². The van der Waals surface area contributed by atoms with Crippen LogP contribution in [0.3, 0.4) is 0 Å². The zero-order valence-electron chi connectivity index (χ0n) is 8.08. The maximum absolute atomic E-state index is 9.37. The van der Waals surface area contributed by atoms with Crippen LogP contribution in [0.15, 0.2) is 24.3 Å². The van der Waals surface area contributed by atoms with E-state index in [2.05, 4.69) is 31.2 Å². The molecular formula is C10H13O2Zn. The molecule has 0 saturated heterocycles. The molecule has 0 fully saturated rings. The predicted molar refractivity (Wildman–Crippen MR) is 48.7 cm³/mol. The van der Waals surface area contributed by atoms with E-state index in [9.17, 15) is 4.79 Å². The van der Waals surface area contributed by atoms with Gasteiger partial charge in [0.25, 0.3) is 0 Å². The van der Waals surface area contributed by atoms with E-state index in [0.29, 0.717) is 0 Å². The van der Waals surface area contributed by atoms with E-state index < -0.39 is 5.97 Å². The Morgan fingerprint density at radius 1 is 1.38 bits per heavy atom. The van der Waals surface area contributed by atoms with E-state index in [1.807, 2.05) is 0 Å². The predicted octanol–water partition coefficient (Wildman–Crippen LogP) is 1.65. The third-order valence-electron chi connectivity index (χ3n) is 1.42. The van der Waals surface area contributed by atoms with Crippen molar-refractivity contribution in [2.75, 3.05) is 0 Å². The minimum absolute atomic E-state index is 0.222. The summed E-state index contributed by atoms with van der Waals surface area (Å²) < 4.78 is 1.45. The Morgan fingerprint density at radius 3 is 2.00 bits per heavy atom. The van der Waals surface area contributed by atoms with Crippen molar-refractivity contribution in [3.05, 3.63) is 29.8 Å². The Morgan fingerprint density at radius 2 is 1.77 bits per heavy atom.